The number of fused-ring (bicyclic) bond motifs is 1. The Morgan fingerprint density at radius 2 is 1.86 bits per heavy atom. The number of nitrogens with one attached hydrogen (secondary N) is 1. The van der Waals surface area contributed by atoms with E-state index in [1.54, 1.807) is 47.4 Å². The Morgan fingerprint density at radius 3 is 2.57 bits per heavy atom. The van der Waals surface area contributed by atoms with Crippen LogP contribution in [0.4, 0.5) is 4.79 Å². The molecule has 2 N–H and O–H groups in total. The minimum atomic E-state index is -0.759. The van der Waals surface area contributed by atoms with Crippen molar-refractivity contribution >= 4 is 34.4 Å². The molecule has 2 fully saturated rings. The number of carbonyl (C=O) groups excluding carboxylic acids is 3. The number of aromatic nitrogens is 2. The minimum absolute atomic E-state index is 0.0544. The normalized spacial score (nSPS) is 20.5. The maximum atomic E-state index is 13.4. The molecule has 9 heteroatoms. The van der Waals surface area contributed by atoms with Gasteiger partial charge in [0.25, 0.3) is 11.7 Å². The van der Waals surface area contributed by atoms with Crippen LogP contribution < -0.4 is 0 Å². The Hall–Kier alpha value is -4.14. The third-order valence-corrected chi connectivity index (χ3v) is 6.73. The molecular formula is C26H26N4O5. The molecule has 2 amide bonds. The predicted molar refractivity (Wildman–Crippen MR) is 128 cm³/mol. The fraction of sp³-hybridized carbons (Fsp3) is 0.308. The number of ketones is 1. The quantitative estimate of drug-likeness (QED) is 0.339. The Balaban J connectivity index is 1.55. The number of benzene rings is 1. The number of piperidine rings is 1. The number of likely N-dealkylation sites (tertiary alicyclic amines) is 2. The highest BCUT2D eigenvalue weighted by Gasteiger charge is 2.49. The van der Waals surface area contributed by atoms with Crippen LogP contribution in [0, 0.1) is 0 Å². The third kappa shape index (κ3) is 3.92. The summed E-state index contributed by atoms with van der Waals surface area (Å²) < 4.78 is 5.10. The summed E-state index contributed by atoms with van der Waals surface area (Å²) in [6.07, 6.45) is 5.48. The van der Waals surface area contributed by atoms with E-state index in [4.69, 9.17) is 4.74 Å². The van der Waals surface area contributed by atoms with E-state index in [1.165, 1.54) is 0 Å². The number of aliphatic hydroxyl groups excluding tert-OH is 1. The van der Waals surface area contributed by atoms with E-state index in [2.05, 4.69) is 9.97 Å². The number of amides is 2. The zero-order valence-electron chi connectivity index (χ0n) is 19.3. The molecule has 1 unspecified atom stereocenters. The molecule has 0 spiro atoms. The van der Waals surface area contributed by atoms with Crippen molar-refractivity contribution in [2.24, 2.45) is 0 Å². The van der Waals surface area contributed by atoms with E-state index in [1.807, 2.05) is 24.3 Å². The number of aliphatic hydroxyl groups is 1. The van der Waals surface area contributed by atoms with Gasteiger partial charge in [0.2, 0.25) is 0 Å². The molecule has 9 nitrogen and oxygen atoms in total. The molecule has 2 aliphatic heterocycles. The van der Waals surface area contributed by atoms with Crippen molar-refractivity contribution in [3.8, 4) is 0 Å². The Bertz CT molecular complexity index is 1310. The number of para-hydroxylation sites is 1. The summed E-state index contributed by atoms with van der Waals surface area (Å²) in [5, 5.41) is 12.1. The van der Waals surface area contributed by atoms with E-state index in [9.17, 15) is 19.5 Å². The van der Waals surface area contributed by atoms with Crippen molar-refractivity contribution in [2.75, 3.05) is 19.7 Å². The summed E-state index contributed by atoms with van der Waals surface area (Å²) in [4.78, 5) is 49.2. The Labute approximate surface area is 202 Å². The summed E-state index contributed by atoms with van der Waals surface area (Å²) in [6, 6.07) is 9.92. The van der Waals surface area contributed by atoms with Crippen LogP contribution in [-0.2, 0) is 14.3 Å². The first-order valence-corrected chi connectivity index (χ1v) is 11.7. The highest BCUT2D eigenvalue weighted by molar-refractivity contribution is 6.46. The standard InChI is InChI=1S/C26H26N4O5/c1-2-35-26(34)29-13-9-17(10-14-29)30-22(16-7-11-27-12-8-16)21(24(32)25(30)33)23(31)19-15-28-20-6-4-3-5-18(19)20/h3-8,11-12,15,17,22,28,31H,2,9-10,13-14H2,1H3/b23-21-. The van der Waals surface area contributed by atoms with Gasteiger partial charge in [-0.1, -0.05) is 18.2 Å². The molecular weight excluding hydrogens is 448 g/mol. The Morgan fingerprint density at radius 1 is 1.14 bits per heavy atom. The molecule has 3 aromatic rings. The molecule has 0 aliphatic carbocycles. The second-order valence-corrected chi connectivity index (χ2v) is 8.65. The molecule has 0 saturated carbocycles. The number of hydrogen-bond donors (Lipinski definition) is 2. The molecule has 1 atom stereocenters. The lowest BCUT2D eigenvalue weighted by molar-refractivity contribution is -0.142. The van der Waals surface area contributed by atoms with Gasteiger partial charge in [-0.3, -0.25) is 14.6 Å². The van der Waals surface area contributed by atoms with Gasteiger partial charge in [0.05, 0.1) is 18.2 Å². The van der Waals surface area contributed by atoms with E-state index in [0.717, 1.165) is 10.9 Å². The second kappa shape index (κ2) is 9.25. The number of aromatic amines is 1. The van der Waals surface area contributed by atoms with E-state index >= 15 is 0 Å². The van der Waals surface area contributed by atoms with Crippen molar-refractivity contribution in [1.82, 2.24) is 19.8 Å². The van der Waals surface area contributed by atoms with E-state index in [0.29, 0.717) is 43.7 Å². The summed E-state index contributed by atoms with van der Waals surface area (Å²) >= 11 is 0. The van der Waals surface area contributed by atoms with Crippen molar-refractivity contribution in [3.63, 3.8) is 0 Å². The molecule has 0 bridgehead atoms. The Kier molecular flexibility index (Phi) is 5.98. The zero-order valence-corrected chi connectivity index (χ0v) is 19.3. The average Bonchev–Trinajstić information content (AvgIpc) is 3.43. The molecule has 2 aliphatic rings. The van der Waals surface area contributed by atoms with Crippen LogP contribution >= 0.6 is 0 Å². The molecule has 2 saturated heterocycles. The molecule has 35 heavy (non-hydrogen) atoms. The fourth-order valence-corrected chi connectivity index (χ4v) is 5.05. The predicted octanol–water partition coefficient (Wildman–Crippen LogP) is 3.61. The number of carbonyl (C=O) groups is 3. The van der Waals surface area contributed by atoms with E-state index in [-0.39, 0.29) is 23.5 Å². The van der Waals surface area contributed by atoms with Crippen LogP contribution in [0.3, 0.4) is 0 Å². The number of H-pyrrole nitrogens is 1. The highest BCUT2D eigenvalue weighted by atomic mass is 16.6. The first-order valence-electron chi connectivity index (χ1n) is 11.7. The van der Waals surface area contributed by atoms with Crippen LogP contribution in [0.25, 0.3) is 16.7 Å². The first-order chi connectivity index (χ1) is 17.0. The number of Topliss-reactive ketones (excluding diaryl/α,β-unsaturated/α-hetero) is 1. The number of hydrogen-bond acceptors (Lipinski definition) is 6. The van der Waals surface area contributed by atoms with E-state index < -0.39 is 17.7 Å². The van der Waals surface area contributed by atoms with Crippen LogP contribution in [0.15, 0.2) is 60.6 Å². The highest BCUT2D eigenvalue weighted by Crippen LogP contribution is 2.42. The summed E-state index contributed by atoms with van der Waals surface area (Å²) in [5.74, 6) is -1.58. The lowest BCUT2D eigenvalue weighted by Crippen LogP contribution is -2.48. The number of nitrogens with zero attached hydrogens (tertiary/aromatic N) is 3. The van der Waals surface area contributed by atoms with Gasteiger partial charge in [0.1, 0.15) is 5.76 Å². The van der Waals surface area contributed by atoms with Gasteiger partial charge >= 0.3 is 6.09 Å². The maximum absolute atomic E-state index is 13.4. The van der Waals surface area contributed by atoms with Gasteiger partial charge in [-0.15, -0.1) is 0 Å². The van der Waals surface area contributed by atoms with Crippen LogP contribution in [-0.4, -0.2) is 68.4 Å². The maximum Gasteiger partial charge on any atom is 0.409 e. The summed E-state index contributed by atoms with van der Waals surface area (Å²) in [6.45, 7) is 2.88. The fourth-order valence-electron chi connectivity index (χ4n) is 5.05. The molecule has 5 rings (SSSR count). The van der Waals surface area contributed by atoms with Crippen LogP contribution in [0.1, 0.15) is 36.9 Å². The molecule has 180 valence electrons. The lowest BCUT2D eigenvalue weighted by atomic mass is 9.94. The molecule has 1 aromatic carbocycles. The topological polar surface area (TPSA) is 116 Å². The largest absolute Gasteiger partial charge is 0.507 e. The average molecular weight is 475 g/mol. The van der Waals surface area contributed by atoms with Crippen molar-refractivity contribution in [3.05, 3.63) is 71.7 Å². The molecule has 0 radical (unpaired) electrons. The van der Waals surface area contributed by atoms with Gasteiger partial charge in [0, 0.05) is 54.2 Å². The van der Waals surface area contributed by atoms with Crippen LogP contribution in [0.5, 0.6) is 0 Å². The van der Waals surface area contributed by atoms with Crippen molar-refractivity contribution < 1.29 is 24.2 Å². The smallest absolute Gasteiger partial charge is 0.409 e. The van der Waals surface area contributed by atoms with Crippen LogP contribution in [0.2, 0.25) is 0 Å². The molecule has 2 aromatic heterocycles. The minimum Gasteiger partial charge on any atom is -0.507 e. The summed E-state index contributed by atoms with van der Waals surface area (Å²) in [5.41, 5.74) is 2.03. The third-order valence-electron chi connectivity index (χ3n) is 6.73. The molecule has 4 heterocycles. The number of ether oxygens (including phenoxy) is 1. The van der Waals surface area contributed by atoms with Gasteiger partial charge in [-0.25, -0.2) is 4.79 Å². The van der Waals surface area contributed by atoms with Crippen molar-refractivity contribution in [2.45, 2.75) is 31.8 Å². The second-order valence-electron chi connectivity index (χ2n) is 8.65. The number of pyridine rings is 1. The first kappa shape index (κ1) is 22.6. The van der Waals surface area contributed by atoms with Gasteiger partial charge in [-0.05, 0) is 43.5 Å². The van der Waals surface area contributed by atoms with Crippen molar-refractivity contribution in [1.29, 1.82) is 0 Å². The van der Waals surface area contributed by atoms with Gasteiger partial charge in [-0.2, -0.15) is 0 Å². The SMILES string of the molecule is CCOC(=O)N1CCC(N2C(=O)C(=O)/C(=C(\O)c3c[nH]c4ccccc34)C2c2ccncc2)CC1. The number of rotatable bonds is 4. The van der Waals surface area contributed by atoms with Gasteiger partial charge in [0.15, 0.2) is 0 Å². The summed E-state index contributed by atoms with van der Waals surface area (Å²) in [7, 11) is 0. The monoisotopic (exact) mass is 474 g/mol. The lowest BCUT2D eigenvalue weighted by Gasteiger charge is -2.38. The van der Waals surface area contributed by atoms with Gasteiger partial charge < -0.3 is 24.6 Å². The zero-order chi connectivity index (χ0) is 24.5.